The third-order valence-electron chi connectivity index (χ3n) is 5.09. The molecule has 1 aromatic heterocycles. The molecule has 1 aliphatic heterocycles. The number of carbonyl (C=O) groups is 2. The third-order valence-corrected chi connectivity index (χ3v) is 6.00. The first kappa shape index (κ1) is 22.3. The van der Waals surface area contributed by atoms with Crippen molar-refractivity contribution in [3.63, 3.8) is 0 Å². The summed E-state index contributed by atoms with van der Waals surface area (Å²) in [4.78, 5) is 31.8. The zero-order valence-electron chi connectivity index (χ0n) is 18.3. The predicted octanol–water partition coefficient (Wildman–Crippen LogP) is 4.85. The summed E-state index contributed by atoms with van der Waals surface area (Å²) >= 11 is 1.63. The molecule has 7 heteroatoms. The number of aromatic nitrogens is 1. The molecule has 0 fully saturated rings. The number of anilines is 1. The third kappa shape index (κ3) is 4.83. The van der Waals surface area contributed by atoms with Gasteiger partial charge in [0, 0.05) is 10.9 Å². The Morgan fingerprint density at radius 1 is 1.33 bits per heavy atom. The molecule has 6 nitrogen and oxygen atoms in total. The van der Waals surface area contributed by atoms with E-state index in [0.29, 0.717) is 24.0 Å². The molecular formula is C23H30N2O4S. The van der Waals surface area contributed by atoms with Gasteiger partial charge in [-0.25, -0.2) is 9.78 Å². The van der Waals surface area contributed by atoms with E-state index in [1.54, 1.807) is 25.2 Å². The maximum absolute atomic E-state index is 12.9. The fraction of sp³-hybridized carbons (Fsp3) is 0.522. The minimum absolute atomic E-state index is 0.252. The van der Waals surface area contributed by atoms with Crippen LogP contribution < -0.4 is 9.64 Å². The van der Waals surface area contributed by atoms with Crippen molar-refractivity contribution >= 4 is 28.9 Å². The van der Waals surface area contributed by atoms with E-state index in [9.17, 15) is 9.59 Å². The van der Waals surface area contributed by atoms with Gasteiger partial charge in [0.2, 0.25) is 0 Å². The van der Waals surface area contributed by atoms with Crippen LogP contribution in [-0.2, 0) is 20.7 Å². The zero-order valence-corrected chi connectivity index (χ0v) is 19.1. The lowest BCUT2D eigenvalue weighted by molar-refractivity contribution is -0.147. The molecule has 0 spiro atoms. The molecule has 1 amide bonds. The number of rotatable bonds is 8. The monoisotopic (exact) mass is 430 g/mol. The standard InChI is InChI=1S/C23H30N2O4S/c1-6-7-21-24-18(13-30-21)17-8-9-20-19(12-17)25(22(26)16(5)29-20)15(4)23(27)28-11-10-14(2)3/h8-9,12-16H,6-7,10-11H2,1-5H3. The molecule has 0 saturated carbocycles. The molecule has 0 bridgehead atoms. The molecule has 1 aromatic carbocycles. The molecule has 0 N–H and O–H groups in total. The van der Waals surface area contributed by atoms with Gasteiger partial charge in [-0.3, -0.25) is 9.69 Å². The predicted molar refractivity (Wildman–Crippen MR) is 119 cm³/mol. The van der Waals surface area contributed by atoms with Gasteiger partial charge in [0.1, 0.15) is 11.8 Å². The van der Waals surface area contributed by atoms with Crippen molar-refractivity contribution in [3.8, 4) is 17.0 Å². The first-order valence-electron chi connectivity index (χ1n) is 10.6. The second kappa shape index (κ2) is 9.60. The van der Waals surface area contributed by atoms with Crippen LogP contribution >= 0.6 is 11.3 Å². The summed E-state index contributed by atoms with van der Waals surface area (Å²) in [6.45, 7) is 10.0. The summed E-state index contributed by atoms with van der Waals surface area (Å²) in [6, 6.07) is 4.92. The van der Waals surface area contributed by atoms with E-state index in [4.69, 9.17) is 14.5 Å². The van der Waals surface area contributed by atoms with Gasteiger partial charge in [-0.05, 0) is 57.2 Å². The van der Waals surface area contributed by atoms with Crippen molar-refractivity contribution < 1.29 is 19.1 Å². The van der Waals surface area contributed by atoms with Crippen LogP contribution in [0.1, 0.15) is 52.5 Å². The number of aryl methyl sites for hydroxylation is 1. The minimum Gasteiger partial charge on any atom is -0.479 e. The van der Waals surface area contributed by atoms with Crippen molar-refractivity contribution in [3.05, 3.63) is 28.6 Å². The Morgan fingerprint density at radius 2 is 2.10 bits per heavy atom. The number of thiazole rings is 1. The summed E-state index contributed by atoms with van der Waals surface area (Å²) in [6.07, 6.45) is 2.11. The van der Waals surface area contributed by atoms with Crippen LogP contribution in [0.25, 0.3) is 11.3 Å². The van der Waals surface area contributed by atoms with E-state index in [-0.39, 0.29) is 5.91 Å². The van der Waals surface area contributed by atoms with Crippen LogP contribution in [0.5, 0.6) is 5.75 Å². The molecule has 0 aliphatic carbocycles. The van der Waals surface area contributed by atoms with Crippen molar-refractivity contribution in [1.29, 1.82) is 0 Å². The van der Waals surface area contributed by atoms with Crippen molar-refractivity contribution in [2.45, 2.75) is 66.0 Å². The van der Waals surface area contributed by atoms with Crippen molar-refractivity contribution in [1.82, 2.24) is 4.98 Å². The van der Waals surface area contributed by atoms with Gasteiger partial charge in [0.15, 0.2) is 6.10 Å². The highest BCUT2D eigenvalue weighted by atomic mass is 32.1. The van der Waals surface area contributed by atoms with Crippen LogP contribution in [0.15, 0.2) is 23.6 Å². The zero-order chi connectivity index (χ0) is 21.8. The number of carbonyl (C=O) groups excluding carboxylic acids is 2. The number of nitrogens with zero attached hydrogens (tertiary/aromatic N) is 2. The molecule has 1 aliphatic rings. The van der Waals surface area contributed by atoms with E-state index >= 15 is 0 Å². The number of benzene rings is 1. The van der Waals surface area contributed by atoms with E-state index in [1.807, 2.05) is 23.6 Å². The Morgan fingerprint density at radius 3 is 2.80 bits per heavy atom. The molecule has 3 rings (SSSR count). The summed E-state index contributed by atoms with van der Waals surface area (Å²) < 4.78 is 11.2. The number of esters is 1. The SMILES string of the molecule is CCCc1nc(-c2ccc3c(c2)N(C(C)C(=O)OCCC(C)C)C(=O)C(C)O3)cs1. The molecule has 162 valence electrons. The normalized spacial score (nSPS) is 16.9. The average Bonchev–Trinajstić information content (AvgIpc) is 3.17. The Bertz CT molecular complexity index is 908. The first-order valence-corrected chi connectivity index (χ1v) is 11.4. The van der Waals surface area contributed by atoms with Gasteiger partial charge in [0.05, 0.1) is 23.0 Å². The average molecular weight is 431 g/mol. The number of hydrogen-bond donors (Lipinski definition) is 0. The lowest BCUT2D eigenvalue weighted by atomic mass is 10.1. The Kier molecular flexibility index (Phi) is 7.13. The second-order valence-corrected chi connectivity index (χ2v) is 9.00. The van der Waals surface area contributed by atoms with Crippen molar-refractivity contribution in [2.75, 3.05) is 11.5 Å². The van der Waals surface area contributed by atoms with Crippen LogP contribution in [0.2, 0.25) is 0 Å². The van der Waals surface area contributed by atoms with E-state index in [2.05, 4.69) is 20.8 Å². The van der Waals surface area contributed by atoms with Crippen LogP contribution in [-0.4, -0.2) is 35.6 Å². The fourth-order valence-corrected chi connectivity index (χ4v) is 4.22. The fourth-order valence-electron chi connectivity index (χ4n) is 3.31. The molecule has 2 heterocycles. The first-order chi connectivity index (χ1) is 14.3. The molecular weight excluding hydrogens is 400 g/mol. The molecule has 2 aromatic rings. The highest BCUT2D eigenvalue weighted by Crippen LogP contribution is 2.39. The van der Waals surface area contributed by atoms with Gasteiger partial charge in [-0.2, -0.15) is 0 Å². The topological polar surface area (TPSA) is 68.7 Å². The lowest BCUT2D eigenvalue weighted by Crippen LogP contribution is -2.52. The molecule has 2 atom stereocenters. The Labute approximate surface area is 182 Å². The smallest absolute Gasteiger partial charge is 0.328 e. The highest BCUT2D eigenvalue weighted by molar-refractivity contribution is 7.09. The summed E-state index contributed by atoms with van der Waals surface area (Å²) in [7, 11) is 0. The summed E-state index contributed by atoms with van der Waals surface area (Å²) in [5.74, 6) is 0.361. The van der Waals surface area contributed by atoms with Gasteiger partial charge in [-0.15, -0.1) is 11.3 Å². The Balaban J connectivity index is 1.89. The van der Waals surface area contributed by atoms with E-state index in [1.165, 1.54) is 4.90 Å². The minimum atomic E-state index is -0.740. The van der Waals surface area contributed by atoms with Gasteiger partial charge in [-0.1, -0.05) is 20.8 Å². The van der Waals surface area contributed by atoms with Crippen molar-refractivity contribution in [2.24, 2.45) is 5.92 Å². The number of fused-ring (bicyclic) bond motifs is 1. The number of hydrogen-bond acceptors (Lipinski definition) is 6. The summed E-state index contributed by atoms with van der Waals surface area (Å²) in [5, 5.41) is 3.11. The molecule has 2 unspecified atom stereocenters. The summed E-state index contributed by atoms with van der Waals surface area (Å²) in [5.41, 5.74) is 2.34. The lowest BCUT2D eigenvalue weighted by Gasteiger charge is -2.36. The van der Waals surface area contributed by atoms with E-state index < -0.39 is 18.1 Å². The number of ether oxygens (including phenoxy) is 2. The van der Waals surface area contributed by atoms with Crippen LogP contribution in [0.3, 0.4) is 0 Å². The van der Waals surface area contributed by atoms with E-state index in [0.717, 1.165) is 35.5 Å². The van der Waals surface area contributed by atoms with Gasteiger partial charge in [0.25, 0.3) is 5.91 Å². The van der Waals surface area contributed by atoms with Crippen LogP contribution in [0, 0.1) is 5.92 Å². The quantitative estimate of drug-likeness (QED) is 0.560. The Hall–Kier alpha value is -2.41. The number of amides is 1. The van der Waals surface area contributed by atoms with Gasteiger partial charge < -0.3 is 9.47 Å². The maximum atomic E-state index is 12.9. The second-order valence-electron chi connectivity index (χ2n) is 8.05. The van der Waals surface area contributed by atoms with Crippen LogP contribution in [0.4, 0.5) is 5.69 Å². The highest BCUT2D eigenvalue weighted by Gasteiger charge is 2.38. The molecule has 30 heavy (non-hydrogen) atoms. The molecule has 0 saturated heterocycles. The van der Waals surface area contributed by atoms with Gasteiger partial charge >= 0.3 is 5.97 Å². The molecule has 0 radical (unpaired) electrons. The maximum Gasteiger partial charge on any atom is 0.328 e. The largest absolute Gasteiger partial charge is 0.479 e.